The lowest BCUT2D eigenvalue weighted by atomic mass is 10.2. The summed E-state index contributed by atoms with van der Waals surface area (Å²) in [6.07, 6.45) is 0.0918. The van der Waals surface area contributed by atoms with Crippen LogP contribution in [0.4, 0.5) is 11.4 Å². The monoisotopic (exact) mass is 415 g/mol. The van der Waals surface area contributed by atoms with Gasteiger partial charge in [-0.05, 0) is 42.3 Å². The van der Waals surface area contributed by atoms with E-state index in [-0.39, 0.29) is 18.2 Å². The molecule has 1 heterocycles. The van der Waals surface area contributed by atoms with Gasteiger partial charge in [-0.3, -0.25) is 14.5 Å². The Morgan fingerprint density at radius 1 is 1.18 bits per heavy atom. The molecular weight excluding hydrogens is 394 g/mol. The first-order valence-corrected chi connectivity index (χ1v) is 10.4. The number of halogens is 1. The molecule has 2 aromatic rings. The number of anilines is 1. The minimum atomic E-state index is -0.478. The number of aliphatic imine (C=N–C) groups is 1. The van der Waals surface area contributed by atoms with Gasteiger partial charge in [0.15, 0.2) is 5.17 Å². The summed E-state index contributed by atoms with van der Waals surface area (Å²) in [6, 6.07) is 16.4. The Kier molecular flexibility index (Phi) is 6.75. The van der Waals surface area contributed by atoms with Gasteiger partial charge in [0.05, 0.1) is 5.69 Å². The number of carbonyl (C=O) groups is 2. The fraction of sp³-hybridized carbons (Fsp3) is 0.286. The van der Waals surface area contributed by atoms with Gasteiger partial charge in [-0.1, -0.05) is 55.4 Å². The topological polar surface area (TPSA) is 61.8 Å². The molecule has 1 saturated heterocycles. The molecule has 0 saturated carbocycles. The molecule has 0 radical (unpaired) electrons. The van der Waals surface area contributed by atoms with E-state index >= 15 is 0 Å². The van der Waals surface area contributed by atoms with Crippen molar-refractivity contribution in [1.82, 2.24) is 4.90 Å². The van der Waals surface area contributed by atoms with Gasteiger partial charge in [0.1, 0.15) is 5.25 Å². The summed E-state index contributed by atoms with van der Waals surface area (Å²) in [5.41, 5.74) is 1.44. The third-order valence-corrected chi connectivity index (χ3v) is 5.47. The van der Waals surface area contributed by atoms with Gasteiger partial charge in [-0.25, -0.2) is 4.99 Å². The minimum absolute atomic E-state index is 0.0698. The number of para-hydroxylation sites is 1. The highest BCUT2D eigenvalue weighted by atomic mass is 35.5. The highest BCUT2D eigenvalue weighted by Crippen LogP contribution is 2.32. The maximum absolute atomic E-state index is 12.9. The van der Waals surface area contributed by atoms with Crippen LogP contribution < -0.4 is 5.32 Å². The van der Waals surface area contributed by atoms with Crippen molar-refractivity contribution in [3.8, 4) is 0 Å². The second-order valence-corrected chi connectivity index (χ2v) is 8.54. The number of benzene rings is 2. The predicted molar refractivity (Wildman–Crippen MR) is 116 cm³/mol. The minimum Gasteiger partial charge on any atom is -0.326 e. The SMILES string of the molecule is CC(C)CN1C(=O)[C@H](CC(=O)Nc2ccc(Cl)cc2)SC1=Nc1ccccc1. The van der Waals surface area contributed by atoms with E-state index in [0.717, 1.165) is 5.69 Å². The number of nitrogens with one attached hydrogen (secondary N) is 1. The van der Waals surface area contributed by atoms with Gasteiger partial charge < -0.3 is 5.32 Å². The number of hydrogen-bond donors (Lipinski definition) is 1. The lowest BCUT2D eigenvalue weighted by molar-refractivity contribution is -0.128. The number of amides is 2. The maximum atomic E-state index is 12.9. The largest absolute Gasteiger partial charge is 0.326 e. The molecule has 3 rings (SSSR count). The van der Waals surface area contributed by atoms with Crippen molar-refractivity contribution in [1.29, 1.82) is 0 Å². The predicted octanol–water partition coefficient (Wildman–Crippen LogP) is 4.96. The third-order valence-electron chi connectivity index (χ3n) is 4.05. The zero-order chi connectivity index (χ0) is 20.1. The Balaban J connectivity index is 1.72. The Hall–Kier alpha value is -2.31. The fourth-order valence-electron chi connectivity index (χ4n) is 2.78. The summed E-state index contributed by atoms with van der Waals surface area (Å²) in [6.45, 7) is 4.68. The normalized spacial score (nSPS) is 18.1. The van der Waals surface area contributed by atoms with Crippen LogP contribution in [0.2, 0.25) is 5.02 Å². The molecule has 7 heteroatoms. The maximum Gasteiger partial charge on any atom is 0.242 e. The van der Waals surface area contributed by atoms with Crippen LogP contribution in [-0.4, -0.2) is 33.7 Å². The number of amidine groups is 1. The van der Waals surface area contributed by atoms with E-state index in [1.807, 2.05) is 30.3 Å². The first kappa shape index (κ1) is 20.4. The van der Waals surface area contributed by atoms with E-state index in [0.29, 0.717) is 28.3 Å². The van der Waals surface area contributed by atoms with E-state index in [4.69, 9.17) is 11.6 Å². The van der Waals surface area contributed by atoms with Gasteiger partial charge in [0, 0.05) is 23.7 Å². The van der Waals surface area contributed by atoms with Crippen molar-refractivity contribution in [3.05, 3.63) is 59.6 Å². The fourth-order valence-corrected chi connectivity index (χ4v) is 4.08. The lowest BCUT2D eigenvalue weighted by Crippen LogP contribution is -2.36. The first-order chi connectivity index (χ1) is 13.4. The Labute approximate surface area is 174 Å². The summed E-state index contributed by atoms with van der Waals surface area (Å²) in [4.78, 5) is 31.7. The molecule has 1 fully saturated rings. The summed E-state index contributed by atoms with van der Waals surface area (Å²) < 4.78 is 0. The van der Waals surface area contributed by atoms with Gasteiger partial charge in [0.2, 0.25) is 11.8 Å². The standard InChI is InChI=1S/C21H22ClN3O2S/c1-14(2)13-25-20(27)18(28-21(25)24-16-6-4-3-5-7-16)12-19(26)23-17-10-8-15(22)9-11-17/h3-11,14,18H,12-13H2,1-2H3,(H,23,26)/t18-/m0/s1. The smallest absolute Gasteiger partial charge is 0.242 e. The number of carbonyl (C=O) groups excluding carboxylic acids is 2. The average molecular weight is 416 g/mol. The van der Waals surface area contributed by atoms with E-state index in [9.17, 15) is 9.59 Å². The molecule has 1 aliphatic heterocycles. The van der Waals surface area contributed by atoms with Crippen LogP contribution in [0.3, 0.4) is 0 Å². The summed E-state index contributed by atoms with van der Waals surface area (Å²) in [5.74, 6) is 0.0189. The molecule has 1 aliphatic rings. The number of hydrogen-bond acceptors (Lipinski definition) is 4. The van der Waals surface area contributed by atoms with Crippen molar-refractivity contribution >= 4 is 51.7 Å². The van der Waals surface area contributed by atoms with Gasteiger partial charge in [-0.2, -0.15) is 0 Å². The van der Waals surface area contributed by atoms with Crippen molar-refractivity contribution < 1.29 is 9.59 Å². The van der Waals surface area contributed by atoms with Crippen molar-refractivity contribution in [2.75, 3.05) is 11.9 Å². The molecule has 2 amide bonds. The quantitative estimate of drug-likeness (QED) is 0.725. The molecule has 2 aromatic carbocycles. The van der Waals surface area contributed by atoms with Crippen LogP contribution in [-0.2, 0) is 9.59 Å². The number of rotatable bonds is 6. The molecule has 28 heavy (non-hydrogen) atoms. The van der Waals surface area contributed by atoms with Crippen molar-refractivity contribution in [2.24, 2.45) is 10.9 Å². The van der Waals surface area contributed by atoms with Gasteiger partial charge in [-0.15, -0.1) is 0 Å². The number of nitrogens with zero attached hydrogens (tertiary/aromatic N) is 2. The molecule has 0 unspecified atom stereocenters. The second-order valence-electron chi connectivity index (χ2n) is 6.94. The van der Waals surface area contributed by atoms with E-state index < -0.39 is 5.25 Å². The molecule has 0 aliphatic carbocycles. The average Bonchev–Trinajstić information content (AvgIpc) is 2.93. The summed E-state index contributed by atoms with van der Waals surface area (Å²) in [5, 5.41) is 3.59. The molecule has 0 aromatic heterocycles. The van der Waals surface area contributed by atoms with Crippen molar-refractivity contribution in [3.63, 3.8) is 0 Å². The van der Waals surface area contributed by atoms with E-state index in [1.54, 1.807) is 29.2 Å². The Morgan fingerprint density at radius 2 is 1.86 bits per heavy atom. The summed E-state index contributed by atoms with van der Waals surface area (Å²) >= 11 is 7.21. The zero-order valence-corrected chi connectivity index (χ0v) is 17.3. The molecular formula is C21H22ClN3O2S. The molecule has 5 nitrogen and oxygen atoms in total. The van der Waals surface area contributed by atoms with Crippen LogP contribution >= 0.6 is 23.4 Å². The molecule has 1 N–H and O–H groups in total. The van der Waals surface area contributed by atoms with Crippen LogP contribution in [0, 0.1) is 5.92 Å². The zero-order valence-electron chi connectivity index (χ0n) is 15.8. The Bertz CT molecular complexity index is 869. The van der Waals surface area contributed by atoms with E-state index in [2.05, 4.69) is 24.2 Å². The van der Waals surface area contributed by atoms with Gasteiger partial charge >= 0.3 is 0 Å². The van der Waals surface area contributed by atoms with Gasteiger partial charge in [0.25, 0.3) is 0 Å². The Morgan fingerprint density at radius 3 is 2.50 bits per heavy atom. The van der Waals surface area contributed by atoms with Crippen LogP contribution in [0.5, 0.6) is 0 Å². The number of thioether (sulfide) groups is 1. The molecule has 0 spiro atoms. The highest BCUT2D eigenvalue weighted by Gasteiger charge is 2.39. The van der Waals surface area contributed by atoms with Crippen LogP contribution in [0.15, 0.2) is 59.6 Å². The van der Waals surface area contributed by atoms with Crippen LogP contribution in [0.1, 0.15) is 20.3 Å². The van der Waals surface area contributed by atoms with Crippen molar-refractivity contribution in [2.45, 2.75) is 25.5 Å². The van der Waals surface area contributed by atoms with E-state index in [1.165, 1.54) is 11.8 Å². The lowest BCUT2D eigenvalue weighted by Gasteiger charge is -2.18. The highest BCUT2D eigenvalue weighted by molar-refractivity contribution is 8.15. The second kappa shape index (κ2) is 9.26. The van der Waals surface area contributed by atoms with Crippen LogP contribution in [0.25, 0.3) is 0 Å². The molecule has 146 valence electrons. The molecule has 1 atom stereocenters. The molecule has 0 bridgehead atoms. The summed E-state index contributed by atoms with van der Waals surface area (Å²) in [7, 11) is 0. The first-order valence-electron chi connectivity index (χ1n) is 9.09. The third kappa shape index (κ3) is 5.36.